The van der Waals surface area contributed by atoms with Crippen LogP contribution in [0.3, 0.4) is 0 Å². The smallest absolute Gasteiger partial charge is 0.339 e. The Morgan fingerprint density at radius 2 is 1.57 bits per heavy atom. The van der Waals surface area contributed by atoms with Gasteiger partial charge < -0.3 is 23.9 Å². The lowest BCUT2D eigenvalue weighted by atomic mass is 10.2. The van der Waals surface area contributed by atoms with Gasteiger partial charge in [-0.05, 0) is 73.2 Å². The van der Waals surface area contributed by atoms with Gasteiger partial charge in [0.15, 0.2) is 0 Å². The number of nitrogens with one attached hydrogen (secondary N) is 1. The largest absolute Gasteiger partial charge is 0.494 e. The minimum Gasteiger partial charge on any atom is -0.494 e. The Labute approximate surface area is 204 Å². The third-order valence-electron chi connectivity index (χ3n) is 4.87. The summed E-state index contributed by atoms with van der Waals surface area (Å²) in [5.41, 5.74) is 1.38. The summed E-state index contributed by atoms with van der Waals surface area (Å²) in [6.45, 7) is 3.40. The molecular weight excluding hydrogens is 475 g/mol. The van der Waals surface area contributed by atoms with Gasteiger partial charge in [0.25, 0.3) is 0 Å². The number of carbonyl (C=O) groups excluding carboxylic acids is 1. The summed E-state index contributed by atoms with van der Waals surface area (Å²) in [6.07, 6.45) is 0. The van der Waals surface area contributed by atoms with Crippen LogP contribution in [0.5, 0.6) is 11.5 Å². The second-order valence-electron chi connectivity index (χ2n) is 7.44. The summed E-state index contributed by atoms with van der Waals surface area (Å²) in [5, 5.41) is 2.85. The third-order valence-corrected chi connectivity index (χ3v) is 6.14. The van der Waals surface area contributed by atoms with Crippen molar-refractivity contribution in [2.75, 3.05) is 32.2 Å². The van der Waals surface area contributed by atoms with E-state index in [0.717, 1.165) is 29.8 Å². The van der Waals surface area contributed by atoms with Gasteiger partial charge in [0, 0.05) is 25.9 Å². The molecule has 3 rings (SSSR count). The highest BCUT2D eigenvalue weighted by atomic mass is 32.2. The molecule has 0 radical (unpaired) electrons. The van der Waals surface area contributed by atoms with E-state index < -0.39 is 15.9 Å². The highest BCUT2D eigenvalue weighted by Gasteiger charge is 2.18. The molecule has 3 aromatic carbocycles. The topological polar surface area (TPSA) is 94.2 Å². The van der Waals surface area contributed by atoms with Crippen molar-refractivity contribution in [3.8, 4) is 11.5 Å². The zero-order valence-corrected chi connectivity index (χ0v) is 20.3. The van der Waals surface area contributed by atoms with Crippen LogP contribution < -0.4 is 14.2 Å². The van der Waals surface area contributed by atoms with Crippen molar-refractivity contribution in [2.45, 2.75) is 18.4 Å². The minimum absolute atomic E-state index is 0.0976. The fourth-order valence-corrected chi connectivity index (χ4v) is 4.03. The summed E-state index contributed by atoms with van der Waals surface area (Å²) >= 11 is 0. The summed E-state index contributed by atoms with van der Waals surface area (Å²) < 4.78 is 53.5. The molecule has 8 nitrogen and oxygen atoms in total. The SMILES string of the molecule is CCOc1ccc(NC(=O)N(CCOC)Cc2ccc(OS(=O)(=O)c3ccc(F)cc3)cc2)cc1. The van der Waals surface area contributed by atoms with Crippen molar-refractivity contribution in [1.29, 1.82) is 0 Å². The van der Waals surface area contributed by atoms with Gasteiger partial charge in [0.05, 0.1) is 13.2 Å². The van der Waals surface area contributed by atoms with Crippen molar-refractivity contribution in [2.24, 2.45) is 0 Å². The summed E-state index contributed by atoms with van der Waals surface area (Å²) in [7, 11) is -2.55. The van der Waals surface area contributed by atoms with Crippen LogP contribution in [0.1, 0.15) is 12.5 Å². The minimum atomic E-state index is -4.10. The molecule has 0 atom stereocenters. The van der Waals surface area contributed by atoms with Crippen LogP contribution in [0.15, 0.2) is 77.7 Å². The second-order valence-corrected chi connectivity index (χ2v) is 8.98. The van der Waals surface area contributed by atoms with Crippen LogP contribution in [-0.4, -0.2) is 46.2 Å². The quantitative estimate of drug-likeness (QED) is 0.383. The van der Waals surface area contributed by atoms with Crippen LogP contribution in [0.25, 0.3) is 0 Å². The van der Waals surface area contributed by atoms with Crippen LogP contribution in [0.2, 0.25) is 0 Å². The van der Waals surface area contributed by atoms with E-state index in [1.807, 2.05) is 6.92 Å². The Morgan fingerprint density at radius 1 is 0.943 bits per heavy atom. The number of amides is 2. The van der Waals surface area contributed by atoms with Gasteiger partial charge in [-0.1, -0.05) is 12.1 Å². The molecule has 0 fully saturated rings. The normalized spacial score (nSPS) is 11.1. The van der Waals surface area contributed by atoms with E-state index in [1.54, 1.807) is 48.4 Å². The molecule has 0 saturated carbocycles. The number of nitrogens with zero attached hydrogens (tertiary/aromatic N) is 1. The zero-order chi connectivity index (χ0) is 25.3. The van der Waals surface area contributed by atoms with Crippen LogP contribution in [0, 0.1) is 5.82 Å². The fourth-order valence-electron chi connectivity index (χ4n) is 3.10. The van der Waals surface area contributed by atoms with E-state index >= 15 is 0 Å². The predicted molar refractivity (Wildman–Crippen MR) is 130 cm³/mol. The van der Waals surface area contributed by atoms with Gasteiger partial charge in [-0.25, -0.2) is 9.18 Å². The maximum atomic E-state index is 13.1. The monoisotopic (exact) mass is 502 g/mol. The number of rotatable bonds is 11. The molecule has 0 aliphatic rings. The number of hydrogen-bond donors (Lipinski definition) is 1. The predicted octanol–water partition coefficient (Wildman–Crippen LogP) is 4.67. The van der Waals surface area contributed by atoms with Crippen molar-refractivity contribution < 1.29 is 31.3 Å². The number of carbonyl (C=O) groups is 1. The Balaban J connectivity index is 1.65. The summed E-state index contributed by atoms with van der Waals surface area (Å²) in [5.74, 6) is 0.267. The average Bonchev–Trinajstić information content (AvgIpc) is 2.84. The Bertz CT molecular complexity index is 1200. The van der Waals surface area contributed by atoms with Crippen molar-refractivity contribution in [3.05, 3.63) is 84.2 Å². The lowest BCUT2D eigenvalue weighted by Crippen LogP contribution is -2.36. The van der Waals surface area contributed by atoms with Crippen LogP contribution in [0.4, 0.5) is 14.9 Å². The first-order valence-corrected chi connectivity index (χ1v) is 12.3. The molecule has 0 bridgehead atoms. The van der Waals surface area contributed by atoms with E-state index in [1.165, 1.54) is 12.1 Å². The van der Waals surface area contributed by atoms with E-state index in [-0.39, 0.29) is 23.2 Å². The molecule has 0 saturated heterocycles. The molecular formula is C25H27FN2O6S. The highest BCUT2D eigenvalue weighted by molar-refractivity contribution is 7.87. The van der Waals surface area contributed by atoms with Gasteiger partial charge in [-0.15, -0.1) is 0 Å². The van der Waals surface area contributed by atoms with Gasteiger partial charge in [0.1, 0.15) is 22.2 Å². The first kappa shape index (κ1) is 26.0. The summed E-state index contributed by atoms with van der Waals surface area (Å²) in [4.78, 5) is 14.3. The second kappa shape index (κ2) is 12.2. The van der Waals surface area contributed by atoms with Gasteiger partial charge in [0.2, 0.25) is 0 Å². The molecule has 0 spiro atoms. The molecule has 35 heavy (non-hydrogen) atoms. The lowest BCUT2D eigenvalue weighted by molar-refractivity contribution is 0.153. The molecule has 0 aliphatic heterocycles. The third kappa shape index (κ3) is 7.69. The standard InChI is InChI=1S/C25H27FN2O6S/c1-3-33-22-12-8-21(9-13-22)27-25(29)28(16-17-32-2)18-19-4-10-23(11-5-19)34-35(30,31)24-14-6-20(26)7-15-24/h4-15H,3,16-18H2,1-2H3,(H,27,29). The lowest BCUT2D eigenvalue weighted by Gasteiger charge is -2.23. The number of halogens is 1. The molecule has 10 heteroatoms. The number of anilines is 1. The Kier molecular flexibility index (Phi) is 9.04. The number of hydrogen-bond acceptors (Lipinski definition) is 6. The number of ether oxygens (including phenoxy) is 2. The first-order valence-electron chi connectivity index (χ1n) is 10.9. The van der Waals surface area contributed by atoms with E-state index in [0.29, 0.717) is 31.2 Å². The zero-order valence-electron chi connectivity index (χ0n) is 19.4. The molecule has 0 unspecified atom stereocenters. The number of benzene rings is 3. The maximum Gasteiger partial charge on any atom is 0.339 e. The van der Waals surface area contributed by atoms with Crippen LogP contribution >= 0.6 is 0 Å². The number of urea groups is 1. The molecule has 186 valence electrons. The molecule has 0 aromatic heterocycles. The van der Waals surface area contributed by atoms with E-state index in [2.05, 4.69) is 5.32 Å². The Hall–Kier alpha value is -3.63. The van der Waals surface area contributed by atoms with Crippen molar-refractivity contribution in [1.82, 2.24) is 4.90 Å². The van der Waals surface area contributed by atoms with Gasteiger partial charge >= 0.3 is 16.1 Å². The average molecular weight is 503 g/mol. The maximum absolute atomic E-state index is 13.1. The highest BCUT2D eigenvalue weighted by Crippen LogP contribution is 2.21. The van der Waals surface area contributed by atoms with E-state index in [4.69, 9.17) is 13.7 Å². The molecule has 2 amide bonds. The van der Waals surface area contributed by atoms with Crippen LogP contribution in [-0.2, 0) is 21.4 Å². The summed E-state index contributed by atoms with van der Waals surface area (Å²) in [6, 6.07) is 17.4. The Morgan fingerprint density at radius 3 is 2.17 bits per heavy atom. The fraction of sp³-hybridized carbons (Fsp3) is 0.240. The number of methoxy groups -OCH3 is 1. The van der Waals surface area contributed by atoms with E-state index in [9.17, 15) is 17.6 Å². The first-order chi connectivity index (χ1) is 16.8. The van der Waals surface area contributed by atoms with Gasteiger partial charge in [-0.2, -0.15) is 8.42 Å². The molecule has 1 N–H and O–H groups in total. The molecule has 0 aliphatic carbocycles. The van der Waals surface area contributed by atoms with Crippen molar-refractivity contribution in [3.63, 3.8) is 0 Å². The molecule has 3 aromatic rings. The molecule has 0 heterocycles. The van der Waals surface area contributed by atoms with Crippen molar-refractivity contribution >= 4 is 21.8 Å². The van der Waals surface area contributed by atoms with Gasteiger partial charge in [-0.3, -0.25) is 0 Å².